The minimum absolute atomic E-state index is 0.155. The second kappa shape index (κ2) is 10.8. The van der Waals surface area contributed by atoms with Crippen molar-refractivity contribution in [2.24, 2.45) is 11.8 Å². The molecule has 2 aliphatic rings. The standard InChI is InChI=1S/C27H25F8NO5S/c28-20-9-11-21(12-10-20)42(40,41)24(13-14-36(15-24)22(37)16-1-3-17(4-2-16)23(38)39)18-5-7-19(8-6-18)25(29,26(30,31)32)27(33,34)35/h5-12,16-17H,1-4,13-15H2,(H,38,39)/t16?,17?,24-/m0/s1. The zero-order chi connectivity index (χ0) is 31.3. The number of benzene rings is 2. The Kier molecular flexibility index (Phi) is 8.15. The first kappa shape index (κ1) is 31.7. The van der Waals surface area contributed by atoms with Crippen molar-refractivity contribution >= 4 is 21.7 Å². The maximum atomic E-state index is 14.6. The average molecular weight is 628 g/mol. The second-order valence-electron chi connectivity index (χ2n) is 10.6. The van der Waals surface area contributed by atoms with Gasteiger partial charge in [-0.25, -0.2) is 17.2 Å². The maximum Gasteiger partial charge on any atom is 0.435 e. The lowest BCUT2D eigenvalue weighted by Crippen LogP contribution is -2.50. The number of carbonyl (C=O) groups is 2. The summed E-state index contributed by atoms with van der Waals surface area (Å²) in [7, 11) is -4.57. The van der Waals surface area contributed by atoms with Crippen LogP contribution in [0, 0.1) is 17.7 Å². The number of sulfone groups is 1. The largest absolute Gasteiger partial charge is 0.481 e. The van der Waals surface area contributed by atoms with Crippen LogP contribution in [0.2, 0.25) is 0 Å². The van der Waals surface area contributed by atoms with E-state index in [9.17, 15) is 58.2 Å². The van der Waals surface area contributed by atoms with Crippen LogP contribution in [-0.4, -0.2) is 55.7 Å². The molecule has 1 amide bonds. The fraction of sp³-hybridized carbons (Fsp3) is 0.481. The molecule has 0 bridgehead atoms. The third-order valence-corrected chi connectivity index (χ3v) is 10.7. The van der Waals surface area contributed by atoms with Gasteiger partial charge in [-0.2, -0.15) is 26.3 Å². The lowest BCUT2D eigenvalue weighted by atomic mass is 9.81. The molecule has 1 saturated carbocycles. The number of halogens is 8. The monoisotopic (exact) mass is 627 g/mol. The van der Waals surface area contributed by atoms with Crippen LogP contribution in [-0.2, 0) is 29.8 Å². The number of likely N-dealkylation sites (tertiary alicyclic amines) is 1. The van der Waals surface area contributed by atoms with Gasteiger partial charge in [0.1, 0.15) is 10.6 Å². The zero-order valence-electron chi connectivity index (χ0n) is 21.7. The maximum absolute atomic E-state index is 14.6. The molecule has 2 aromatic rings. The summed E-state index contributed by atoms with van der Waals surface area (Å²) in [5, 5.41) is 9.21. The van der Waals surface area contributed by atoms with Crippen LogP contribution in [0.15, 0.2) is 53.4 Å². The third-order valence-electron chi connectivity index (χ3n) is 8.20. The van der Waals surface area contributed by atoms with Crippen molar-refractivity contribution in [1.82, 2.24) is 4.90 Å². The summed E-state index contributed by atoms with van der Waals surface area (Å²) in [6.45, 7) is -0.693. The molecule has 1 saturated heterocycles. The SMILES string of the molecule is O=C(O)C1CCC(C(=O)N2CC[C@](c3ccc(C(F)(C(F)(F)F)C(F)(F)F)cc3)(S(=O)(=O)c3ccc(F)cc3)C2)CC1. The summed E-state index contributed by atoms with van der Waals surface area (Å²) in [6.07, 6.45) is -12.2. The number of hydrogen-bond acceptors (Lipinski definition) is 4. The molecule has 2 fully saturated rings. The van der Waals surface area contributed by atoms with E-state index in [0.717, 1.165) is 24.3 Å². The van der Waals surface area contributed by atoms with Gasteiger partial charge >= 0.3 is 24.0 Å². The van der Waals surface area contributed by atoms with Gasteiger partial charge in [-0.3, -0.25) is 9.59 Å². The summed E-state index contributed by atoms with van der Waals surface area (Å²) in [5.41, 5.74) is -7.82. The highest BCUT2D eigenvalue weighted by Crippen LogP contribution is 2.54. The first-order chi connectivity index (χ1) is 19.3. The van der Waals surface area contributed by atoms with Crippen LogP contribution >= 0.6 is 0 Å². The highest BCUT2D eigenvalue weighted by atomic mass is 32.2. The summed E-state index contributed by atoms with van der Waals surface area (Å²) >= 11 is 0. The van der Waals surface area contributed by atoms with E-state index in [1.807, 2.05) is 0 Å². The highest BCUT2D eigenvalue weighted by Gasteiger charge is 2.73. The number of rotatable bonds is 6. The summed E-state index contributed by atoms with van der Waals surface area (Å²) in [4.78, 5) is 25.4. The Balaban J connectivity index is 1.74. The fourth-order valence-corrected chi connectivity index (χ4v) is 7.83. The lowest BCUT2D eigenvalue weighted by molar-refractivity contribution is -0.348. The van der Waals surface area contributed by atoms with Crippen molar-refractivity contribution in [1.29, 1.82) is 0 Å². The van der Waals surface area contributed by atoms with Gasteiger partial charge in [0.25, 0.3) is 0 Å². The number of nitrogens with zero attached hydrogens (tertiary/aromatic N) is 1. The quantitative estimate of drug-likeness (QED) is 0.318. The van der Waals surface area contributed by atoms with Gasteiger partial charge in [-0.05, 0) is 61.9 Å². The van der Waals surface area contributed by atoms with Gasteiger partial charge in [0.05, 0.1) is 10.8 Å². The Morgan fingerprint density at radius 2 is 1.31 bits per heavy atom. The van der Waals surface area contributed by atoms with Crippen molar-refractivity contribution in [2.75, 3.05) is 13.1 Å². The Hall–Kier alpha value is -3.23. The molecule has 0 spiro atoms. The molecule has 6 nitrogen and oxygen atoms in total. The van der Waals surface area contributed by atoms with E-state index < -0.39 is 79.1 Å². The number of carboxylic acid groups (broad SMARTS) is 1. The Bertz CT molecular complexity index is 1420. The first-order valence-corrected chi connectivity index (χ1v) is 14.3. The predicted molar refractivity (Wildman–Crippen MR) is 131 cm³/mol. The molecule has 1 aliphatic carbocycles. The van der Waals surface area contributed by atoms with Crippen molar-refractivity contribution in [3.8, 4) is 0 Å². The molecule has 4 rings (SSSR count). The number of aliphatic carboxylic acids is 1. The smallest absolute Gasteiger partial charge is 0.435 e. The topological polar surface area (TPSA) is 91.8 Å². The second-order valence-corrected chi connectivity index (χ2v) is 12.8. The molecule has 1 heterocycles. The Labute approximate surface area is 235 Å². The molecule has 0 radical (unpaired) electrons. The van der Waals surface area contributed by atoms with Gasteiger partial charge in [0.2, 0.25) is 5.91 Å². The van der Waals surface area contributed by atoms with Gasteiger partial charge < -0.3 is 10.0 Å². The van der Waals surface area contributed by atoms with Gasteiger partial charge in [0, 0.05) is 24.6 Å². The van der Waals surface area contributed by atoms with E-state index in [1.54, 1.807) is 0 Å². The van der Waals surface area contributed by atoms with Crippen LogP contribution in [0.25, 0.3) is 0 Å². The lowest BCUT2D eigenvalue weighted by Gasteiger charge is -2.33. The average Bonchev–Trinajstić information content (AvgIpc) is 3.39. The molecule has 2 aromatic carbocycles. The molecule has 230 valence electrons. The third kappa shape index (κ3) is 5.24. The summed E-state index contributed by atoms with van der Waals surface area (Å²) < 4.78 is 134. The zero-order valence-corrected chi connectivity index (χ0v) is 22.5. The van der Waals surface area contributed by atoms with E-state index in [4.69, 9.17) is 0 Å². The van der Waals surface area contributed by atoms with E-state index >= 15 is 0 Å². The number of alkyl halides is 7. The molecule has 1 N–H and O–H groups in total. The van der Waals surface area contributed by atoms with Crippen LogP contribution < -0.4 is 0 Å². The van der Waals surface area contributed by atoms with E-state index in [1.165, 1.54) is 4.90 Å². The Morgan fingerprint density at radius 3 is 1.79 bits per heavy atom. The van der Waals surface area contributed by atoms with Gasteiger partial charge in [0.15, 0.2) is 9.84 Å². The summed E-state index contributed by atoms with van der Waals surface area (Å²) in [6, 6.07) is 5.35. The van der Waals surface area contributed by atoms with Gasteiger partial charge in [-0.15, -0.1) is 0 Å². The molecular weight excluding hydrogens is 602 g/mol. The van der Waals surface area contributed by atoms with Crippen molar-refractivity contribution in [2.45, 2.75) is 59.8 Å². The molecule has 1 aliphatic heterocycles. The number of carbonyl (C=O) groups excluding carboxylic acids is 1. The molecule has 0 aromatic heterocycles. The minimum Gasteiger partial charge on any atom is -0.481 e. The molecular formula is C27H25F8NO5S. The molecule has 0 unspecified atom stereocenters. The number of carboxylic acids is 1. The highest BCUT2D eigenvalue weighted by molar-refractivity contribution is 7.92. The fourth-order valence-electron chi connectivity index (χ4n) is 5.76. The number of amides is 1. The van der Waals surface area contributed by atoms with E-state index in [0.29, 0.717) is 12.1 Å². The number of hydrogen-bond donors (Lipinski definition) is 1. The van der Waals surface area contributed by atoms with Crippen molar-refractivity contribution < 1.29 is 58.2 Å². The van der Waals surface area contributed by atoms with Gasteiger partial charge in [-0.1, -0.05) is 24.3 Å². The van der Waals surface area contributed by atoms with E-state index in [2.05, 4.69) is 0 Å². The van der Waals surface area contributed by atoms with Crippen molar-refractivity contribution in [3.63, 3.8) is 0 Å². The Morgan fingerprint density at radius 1 is 0.810 bits per heavy atom. The van der Waals surface area contributed by atoms with Crippen LogP contribution in [0.3, 0.4) is 0 Å². The van der Waals surface area contributed by atoms with Crippen LogP contribution in [0.1, 0.15) is 43.2 Å². The summed E-state index contributed by atoms with van der Waals surface area (Å²) in [5.74, 6) is -3.48. The van der Waals surface area contributed by atoms with Crippen molar-refractivity contribution in [3.05, 3.63) is 65.5 Å². The normalized spacial score (nSPS) is 24.0. The van der Waals surface area contributed by atoms with E-state index in [-0.39, 0.29) is 56.3 Å². The molecule has 42 heavy (non-hydrogen) atoms. The van der Waals surface area contributed by atoms with Crippen LogP contribution in [0.4, 0.5) is 35.1 Å². The predicted octanol–water partition coefficient (Wildman–Crippen LogP) is 5.91. The first-order valence-electron chi connectivity index (χ1n) is 12.8. The molecule has 15 heteroatoms. The molecule has 1 atom stereocenters. The minimum atomic E-state index is -6.37. The van der Waals surface area contributed by atoms with Crippen LogP contribution in [0.5, 0.6) is 0 Å².